The molecule has 0 radical (unpaired) electrons. The summed E-state index contributed by atoms with van der Waals surface area (Å²) in [4.78, 5) is 0. The maximum absolute atomic E-state index is 14.8. The maximum Gasteiger partial charge on any atom is 0.153 e. The third kappa shape index (κ3) is 5.51. The van der Waals surface area contributed by atoms with Crippen molar-refractivity contribution >= 4 is 17.2 Å². The Morgan fingerprint density at radius 1 is 1.17 bits per heavy atom. The summed E-state index contributed by atoms with van der Waals surface area (Å²) in [7, 11) is 0. The van der Waals surface area contributed by atoms with Gasteiger partial charge in [0, 0.05) is 5.56 Å². The second kappa shape index (κ2) is 10.6. The Morgan fingerprint density at radius 3 is 2.59 bits per heavy atom. The molecule has 1 unspecified atom stereocenters. The fourth-order valence-electron chi connectivity index (χ4n) is 3.82. The van der Waals surface area contributed by atoms with Crippen LogP contribution in [0.2, 0.25) is 5.02 Å². The summed E-state index contributed by atoms with van der Waals surface area (Å²) in [5.74, 6) is 0.761. The fourth-order valence-corrected chi connectivity index (χ4v) is 4.04. The summed E-state index contributed by atoms with van der Waals surface area (Å²) in [5.41, 5.74) is 3.95. The van der Waals surface area contributed by atoms with Gasteiger partial charge in [-0.15, -0.1) is 6.58 Å². The van der Waals surface area contributed by atoms with Gasteiger partial charge in [-0.2, -0.15) is 0 Å². The first-order valence-corrected chi connectivity index (χ1v) is 11.0. The molecule has 0 amide bonds. The minimum absolute atomic E-state index is 0.0586. The molecule has 0 aromatic heterocycles. The van der Waals surface area contributed by atoms with Gasteiger partial charge in [-0.05, 0) is 73.3 Å². The van der Waals surface area contributed by atoms with E-state index in [4.69, 9.17) is 16.3 Å². The number of hydrogen-bond donors (Lipinski definition) is 0. The van der Waals surface area contributed by atoms with Crippen LogP contribution in [-0.4, -0.2) is 6.61 Å². The largest absolute Gasteiger partial charge is 0.492 e. The quantitative estimate of drug-likeness (QED) is 0.296. The molecule has 0 heterocycles. The van der Waals surface area contributed by atoms with Gasteiger partial charge in [0.2, 0.25) is 0 Å². The molecule has 0 bridgehead atoms. The van der Waals surface area contributed by atoms with Crippen molar-refractivity contribution < 1.29 is 9.13 Å². The van der Waals surface area contributed by atoms with Crippen molar-refractivity contribution in [3.63, 3.8) is 0 Å². The second-order valence-corrected chi connectivity index (χ2v) is 8.13. The molecule has 3 rings (SSSR count). The Labute approximate surface area is 179 Å². The summed E-state index contributed by atoms with van der Waals surface area (Å²) in [6, 6.07) is 11.6. The van der Waals surface area contributed by atoms with Crippen LogP contribution in [0.25, 0.3) is 16.7 Å². The SMILES string of the molecule is C=CCCC1CC=C(c2ccc(-c3ccc(OCCCC)c(Cl)c3F)cc2)CC1. The highest BCUT2D eigenvalue weighted by atomic mass is 35.5. The van der Waals surface area contributed by atoms with E-state index in [0.717, 1.165) is 43.6 Å². The van der Waals surface area contributed by atoms with Crippen LogP contribution >= 0.6 is 11.6 Å². The van der Waals surface area contributed by atoms with Gasteiger partial charge >= 0.3 is 0 Å². The average Bonchev–Trinajstić information content (AvgIpc) is 2.76. The molecular formula is C26H30ClFO. The van der Waals surface area contributed by atoms with E-state index in [9.17, 15) is 4.39 Å². The summed E-state index contributed by atoms with van der Waals surface area (Å²) in [5, 5.41) is 0.0586. The number of benzene rings is 2. The highest BCUT2D eigenvalue weighted by Crippen LogP contribution is 2.36. The van der Waals surface area contributed by atoms with E-state index in [1.54, 1.807) is 12.1 Å². The highest BCUT2D eigenvalue weighted by Gasteiger charge is 2.17. The summed E-state index contributed by atoms with van der Waals surface area (Å²) in [6.45, 7) is 6.45. The van der Waals surface area contributed by atoms with Crippen molar-refractivity contribution in [3.05, 3.63) is 71.5 Å². The molecule has 0 aliphatic heterocycles. The zero-order chi connectivity index (χ0) is 20.6. The number of unbranched alkanes of at least 4 members (excludes halogenated alkanes) is 1. The van der Waals surface area contributed by atoms with Gasteiger partial charge in [-0.3, -0.25) is 0 Å². The van der Waals surface area contributed by atoms with Crippen LogP contribution in [0.1, 0.15) is 57.4 Å². The number of rotatable bonds is 9. The van der Waals surface area contributed by atoms with E-state index in [0.29, 0.717) is 17.9 Å². The predicted molar refractivity (Wildman–Crippen MR) is 122 cm³/mol. The monoisotopic (exact) mass is 412 g/mol. The van der Waals surface area contributed by atoms with Crippen molar-refractivity contribution in [3.8, 4) is 16.9 Å². The van der Waals surface area contributed by atoms with Gasteiger partial charge in [-0.25, -0.2) is 4.39 Å². The van der Waals surface area contributed by atoms with E-state index >= 15 is 0 Å². The zero-order valence-electron chi connectivity index (χ0n) is 17.2. The van der Waals surface area contributed by atoms with E-state index in [-0.39, 0.29) is 5.02 Å². The topological polar surface area (TPSA) is 9.23 Å². The zero-order valence-corrected chi connectivity index (χ0v) is 18.0. The van der Waals surface area contributed by atoms with Crippen molar-refractivity contribution in [2.75, 3.05) is 6.61 Å². The Morgan fingerprint density at radius 2 is 1.93 bits per heavy atom. The van der Waals surface area contributed by atoms with E-state index in [2.05, 4.69) is 31.7 Å². The first-order valence-electron chi connectivity index (χ1n) is 10.7. The molecule has 1 atom stereocenters. The van der Waals surface area contributed by atoms with Crippen LogP contribution in [0.15, 0.2) is 55.1 Å². The Balaban J connectivity index is 1.71. The fraction of sp³-hybridized carbons (Fsp3) is 0.385. The Hall–Kier alpha value is -2.06. The normalized spacial score (nSPS) is 16.4. The molecule has 1 nitrogen and oxygen atoms in total. The number of halogens is 2. The second-order valence-electron chi connectivity index (χ2n) is 7.75. The third-order valence-corrected chi connectivity index (χ3v) is 6.02. The lowest BCUT2D eigenvalue weighted by Crippen LogP contribution is -2.05. The third-order valence-electron chi connectivity index (χ3n) is 5.67. The highest BCUT2D eigenvalue weighted by molar-refractivity contribution is 6.32. The molecular weight excluding hydrogens is 383 g/mol. The molecule has 0 spiro atoms. The lowest BCUT2D eigenvalue weighted by atomic mass is 9.84. The smallest absolute Gasteiger partial charge is 0.153 e. The summed E-state index contributed by atoms with van der Waals surface area (Å²) in [6.07, 6.45) is 12.1. The van der Waals surface area contributed by atoms with Gasteiger partial charge in [-0.1, -0.05) is 61.4 Å². The molecule has 2 aromatic rings. The van der Waals surface area contributed by atoms with Crippen LogP contribution in [0, 0.1) is 11.7 Å². The Bertz CT molecular complexity index is 854. The van der Waals surface area contributed by atoms with Gasteiger partial charge in [0.25, 0.3) is 0 Å². The van der Waals surface area contributed by atoms with Crippen LogP contribution < -0.4 is 4.74 Å². The first-order chi connectivity index (χ1) is 14.1. The van der Waals surface area contributed by atoms with Crippen LogP contribution in [-0.2, 0) is 0 Å². The van der Waals surface area contributed by atoms with Gasteiger partial charge < -0.3 is 4.74 Å². The molecule has 1 aliphatic carbocycles. The number of allylic oxidation sites excluding steroid dienone is 3. The van der Waals surface area contributed by atoms with E-state index in [1.807, 2.05) is 18.2 Å². The molecule has 29 heavy (non-hydrogen) atoms. The molecule has 3 heteroatoms. The molecule has 0 fully saturated rings. The maximum atomic E-state index is 14.8. The number of ether oxygens (including phenoxy) is 1. The Kier molecular flexibility index (Phi) is 7.94. The molecule has 1 aliphatic rings. The molecule has 0 saturated carbocycles. The average molecular weight is 413 g/mol. The van der Waals surface area contributed by atoms with Gasteiger partial charge in [0.1, 0.15) is 10.8 Å². The molecule has 0 N–H and O–H groups in total. The van der Waals surface area contributed by atoms with Crippen molar-refractivity contribution in [2.45, 2.75) is 51.9 Å². The molecule has 154 valence electrons. The lowest BCUT2D eigenvalue weighted by molar-refractivity contribution is 0.308. The van der Waals surface area contributed by atoms with E-state index in [1.165, 1.54) is 24.0 Å². The van der Waals surface area contributed by atoms with Gasteiger partial charge in [0.15, 0.2) is 5.82 Å². The van der Waals surface area contributed by atoms with Crippen LogP contribution in [0.5, 0.6) is 5.75 Å². The van der Waals surface area contributed by atoms with E-state index < -0.39 is 5.82 Å². The van der Waals surface area contributed by atoms with Gasteiger partial charge in [0.05, 0.1) is 6.61 Å². The van der Waals surface area contributed by atoms with Crippen molar-refractivity contribution in [1.82, 2.24) is 0 Å². The minimum Gasteiger partial charge on any atom is -0.492 e. The van der Waals surface area contributed by atoms with Crippen LogP contribution in [0.4, 0.5) is 4.39 Å². The standard InChI is InChI=1S/C26H30ClFO/c1-3-5-7-19-8-10-20(11-9-19)21-12-14-22(15-13-21)23-16-17-24(25(27)26(23)28)29-18-6-4-2/h3,10,12-17,19H,1,4-9,11,18H2,2H3. The predicted octanol–water partition coefficient (Wildman–Crippen LogP) is 8.47. The van der Waals surface area contributed by atoms with Crippen molar-refractivity contribution in [2.24, 2.45) is 5.92 Å². The van der Waals surface area contributed by atoms with Crippen LogP contribution in [0.3, 0.4) is 0 Å². The lowest BCUT2D eigenvalue weighted by Gasteiger charge is -2.22. The van der Waals surface area contributed by atoms with Crippen molar-refractivity contribution in [1.29, 1.82) is 0 Å². The summed E-state index contributed by atoms with van der Waals surface area (Å²) >= 11 is 6.21. The minimum atomic E-state index is -0.421. The number of hydrogen-bond acceptors (Lipinski definition) is 1. The molecule has 2 aromatic carbocycles. The molecule has 0 saturated heterocycles. The first kappa shape index (κ1) is 21.6. The summed E-state index contributed by atoms with van der Waals surface area (Å²) < 4.78 is 20.4.